The van der Waals surface area contributed by atoms with Gasteiger partial charge in [0.2, 0.25) is 17.8 Å². The number of esters is 1. The van der Waals surface area contributed by atoms with Crippen molar-refractivity contribution in [2.24, 2.45) is 0 Å². The first kappa shape index (κ1) is 41.9. The average Bonchev–Trinajstić information content (AvgIpc) is 3.20. The average molecular weight is 818 g/mol. The number of hydrogen-bond donors (Lipinski definition) is 11. The van der Waals surface area contributed by atoms with Crippen LogP contribution in [-0.4, -0.2) is 151 Å². The van der Waals surface area contributed by atoms with Crippen molar-refractivity contribution in [2.45, 2.75) is 61.4 Å². The van der Waals surface area contributed by atoms with E-state index in [1.807, 2.05) is 0 Å². The molecule has 0 aliphatic carbocycles. The lowest BCUT2D eigenvalue weighted by Crippen LogP contribution is -2.62. The zero-order chi connectivity index (χ0) is 42.0. The number of phenolic OH excluding ortho intramolecular Hbond substituents is 5. The molecule has 2 saturated heterocycles. The summed E-state index contributed by atoms with van der Waals surface area (Å²) < 4.78 is 44.1. The Hall–Kier alpha value is -5.68. The number of hydrogen-bond acceptors (Lipinski definition) is 19. The summed E-state index contributed by atoms with van der Waals surface area (Å²) in [5, 5.41) is 115. The summed E-state index contributed by atoms with van der Waals surface area (Å²) in [5.41, 5.74) is 0.464. The molecule has 0 radical (unpaired) electrons. The van der Waals surface area contributed by atoms with Crippen LogP contribution in [0.15, 0.2) is 59.0 Å². The number of ether oxygens (including phenoxy) is 7. The number of aliphatic hydroxyl groups is 6. The molecule has 2 aliphatic rings. The number of phenols is 5. The SMILES string of the molecule is COc1cc(/C=C/C(=O)OCC2O[C@@H](OCC3O[C@@H](Oc4cc5c(O)cc(O)cc5[o+]c4-c4ccc(O)c(O)c4)C(O)C(O)[C@@H]3O)C(O)C(O)[C@@H]2O)cc(OC)c1O. The third kappa shape index (κ3) is 8.74. The maximum Gasteiger partial charge on any atom is 0.402 e. The van der Waals surface area contributed by atoms with Gasteiger partial charge >= 0.3 is 17.3 Å². The summed E-state index contributed by atoms with van der Waals surface area (Å²) in [4.78, 5) is 12.5. The van der Waals surface area contributed by atoms with Crippen molar-refractivity contribution < 1.29 is 98.5 Å². The molecule has 10 atom stereocenters. The lowest BCUT2D eigenvalue weighted by molar-refractivity contribution is -0.323. The molecule has 6 unspecified atom stereocenters. The molecule has 20 heteroatoms. The van der Waals surface area contributed by atoms with Crippen molar-refractivity contribution >= 4 is 23.0 Å². The van der Waals surface area contributed by atoms with Crippen molar-refractivity contribution in [1.29, 1.82) is 0 Å². The van der Waals surface area contributed by atoms with E-state index in [-0.39, 0.29) is 51.0 Å². The fourth-order valence-corrected chi connectivity index (χ4v) is 6.18. The van der Waals surface area contributed by atoms with E-state index in [2.05, 4.69) is 0 Å². The first-order valence-electron chi connectivity index (χ1n) is 17.4. The second-order valence-corrected chi connectivity index (χ2v) is 13.2. The largest absolute Gasteiger partial charge is 0.507 e. The van der Waals surface area contributed by atoms with Gasteiger partial charge in [-0.2, -0.15) is 0 Å². The molecule has 0 spiro atoms. The maximum absolute atomic E-state index is 12.5. The molecular formula is C38H41O20+. The second-order valence-electron chi connectivity index (χ2n) is 13.2. The van der Waals surface area contributed by atoms with E-state index in [1.165, 1.54) is 50.6 Å². The van der Waals surface area contributed by atoms with Crippen LogP contribution in [-0.2, 0) is 23.7 Å². The van der Waals surface area contributed by atoms with Gasteiger partial charge in [0.1, 0.15) is 72.3 Å². The van der Waals surface area contributed by atoms with Crippen LogP contribution in [0, 0.1) is 0 Å². The zero-order valence-corrected chi connectivity index (χ0v) is 30.6. The standard InChI is InChI=1S/C38H40O20/c1-51-23-7-15(8-24(52-2)29(23)44)3-6-28(43)53-13-26-30(45)32(47)34(49)37(57-26)54-14-27-31(46)33(48)35(50)38(58-27)56-25-12-18-20(41)10-17(39)11-22(18)55-36(25)16-4-5-19(40)21(42)9-16/h3-12,26-27,30-35,37-38,45-50H,13-14H2,1-2H3,(H4-,39,40,41,42,43,44)/p+1/t26?,27?,30-,31-,32?,33?,34?,35?,37-,38-/m1/s1. The highest BCUT2D eigenvalue weighted by Crippen LogP contribution is 2.42. The number of aliphatic hydroxyl groups excluding tert-OH is 6. The summed E-state index contributed by atoms with van der Waals surface area (Å²) in [6, 6.07) is 9.89. The Bertz CT molecular complexity index is 2120. The predicted molar refractivity (Wildman–Crippen MR) is 194 cm³/mol. The Morgan fingerprint density at radius 1 is 0.690 bits per heavy atom. The first-order valence-corrected chi connectivity index (χ1v) is 17.4. The maximum atomic E-state index is 12.5. The molecule has 312 valence electrons. The van der Waals surface area contributed by atoms with Crippen molar-refractivity contribution in [3.63, 3.8) is 0 Å². The molecule has 0 amide bonds. The van der Waals surface area contributed by atoms with Crippen LogP contribution in [0.2, 0.25) is 0 Å². The third-order valence-corrected chi connectivity index (χ3v) is 9.36. The van der Waals surface area contributed by atoms with E-state index < -0.39 is 97.8 Å². The van der Waals surface area contributed by atoms with Gasteiger partial charge in [0.05, 0.1) is 32.5 Å². The van der Waals surface area contributed by atoms with E-state index in [4.69, 9.17) is 37.6 Å². The Morgan fingerprint density at radius 3 is 1.95 bits per heavy atom. The number of aromatic hydroxyl groups is 5. The van der Waals surface area contributed by atoms with E-state index >= 15 is 0 Å². The topological polar surface area (TPSA) is 316 Å². The smallest absolute Gasteiger partial charge is 0.402 e. The molecule has 4 aromatic rings. The van der Waals surface area contributed by atoms with E-state index in [0.717, 1.165) is 24.3 Å². The molecule has 11 N–H and O–H groups in total. The van der Waals surface area contributed by atoms with Crippen molar-refractivity contribution in [2.75, 3.05) is 27.4 Å². The van der Waals surface area contributed by atoms with Crippen LogP contribution >= 0.6 is 0 Å². The van der Waals surface area contributed by atoms with Gasteiger partial charge in [-0.05, 0) is 35.9 Å². The molecule has 2 aliphatic heterocycles. The summed E-state index contributed by atoms with van der Waals surface area (Å²) >= 11 is 0. The van der Waals surface area contributed by atoms with Gasteiger partial charge in [-0.1, -0.05) is 0 Å². The molecule has 1 aromatic heterocycles. The van der Waals surface area contributed by atoms with Crippen LogP contribution < -0.4 is 14.2 Å². The molecule has 3 aromatic carbocycles. The van der Waals surface area contributed by atoms with Crippen LogP contribution in [0.5, 0.6) is 46.0 Å². The van der Waals surface area contributed by atoms with Gasteiger partial charge in [-0.25, -0.2) is 9.21 Å². The van der Waals surface area contributed by atoms with Crippen molar-refractivity contribution in [3.05, 3.63) is 60.2 Å². The predicted octanol–water partition coefficient (Wildman–Crippen LogP) is 0.193. The first-order chi connectivity index (χ1) is 27.6. The summed E-state index contributed by atoms with van der Waals surface area (Å²) in [6.45, 7) is -1.32. The molecule has 6 rings (SSSR count). The van der Waals surface area contributed by atoms with E-state index in [1.54, 1.807) is 0 Å². The molecule has 0 saturated carbocycles. The van der Waals surface area contributed by atoms with Crippen LogP contribution in [0.25, 0.3) is 28.4 Å². The molecule has 20 nitrogen and oxygen atoms in total. The zero-order valence-electron chi connectivity index (χ0n) is 30.6. The number of fused-ring (bicyclic) bond motifs is 1. The normalized spacial score (nSPS) is 27.4. The fraction of sp³-hybridized carbons (Fsp3) is 0.368. The number of methoxy groups -OCH3 is 2. The lowest BCUT2D eigenvalue weighted by Gasteiger charge is -2.42. The Labute approximate surface area is 327 Å². The number of carbonyl (C=O) groups is 1. The highest BCUT2D eigenvalue weighted by molar-refractivity contribution is 5.89. The van der Waals surface area contributed by atoms with Crippen LogP contribution in [0.1, 0.15) is 5.56 Å². The van der Waals surface area contributed by atoms with E-state index in [0.29, 0.717) is 5.56 Å². The minimum atomic E-state index is -1.93. The lowest BCUT2D eigenvalue weighted by atomic mass is 9.98. The quantitative estimate of drug-likeness (QED) is 0.0393. The minimum Gasteiger partial charge on any atom is -0.507 e. The van der Waals surface area contributed by atoms with Gasteiger partial charge in [-0.3, -0.25) is 0 Å². The summed E-state index contributed by atoms with van der Waals surface area (Å²) in [7, 11) is 2.65. The highest BCUT2D eigenvalue weighted by atomic mass is 16.7. The molecule has 0 bridgehead atoms. The molecular weight excluding hydrogens is 776 g/mol. The van der Waals surface area contributed by atoms with Gasteiger partial charge in [-0.15, -0.1) is 0 Å². The number of rotatable bonds is 12. The number of carbonyl (C=O) groups excluding carboxylic acids is 1. The monoisotopic (exact) mass is 817 g/mol. The molecule has 3 heterocycles. The number of benzene rings is 3. The molecule has 58 heavy (non-hydrogen) atoms. The van der Waals surface area contributed by atoms with Crippen molar-refractivity contribution in [3.8, 4) is 57.3 Å². The van der Waals surface area contributed by atoms with Gasteiger partial charge in [0, 0.05) is 24.3 Å². The minimum absolute atomic E-state index is 0.0180. The van der Waals surface area contributed by atoms with Gasteiger partial charge in [0.25, 0.3) is 0 Å². The molecule has 2 fully saturated rings. The fourth-order valence-electron chi connectivity index (χ4n) is 6.18. The Balaban J connectivity index is 1.14. The third-order valence-electron chi connectivity index (χ3n) is 9.36. The summed E-state index contributed by atoms with van der Waals surface area (Å²) in [6.07, 6.45) is -15.3. The Kier molecular flexibility index (Phi) is 12.6. The van der Waals surface area contributed by atoms with Crippen LogP contribution in [0.3, 0.4) is 0 Å². The van der Waals surface area contributed by atoms with E-state index in [9.17, 15) is 61.0 Å². The Morgan fingerprint density at radius 2 is 1.31 bits per heavy atom. The van der Waals surface area contributed by atoms with Gasteiger partial charge < -0.3 is 89.3 Å². The van der Waals surface area contributed by atoms with Crippen LogP contribution in [0.4, 0.5) is 0 Å². The second kappa shape index (κ2) is 17.4. The van der Waals surface area contributed by atoms with Gasteiger partial charge in [0.15, 0.2) is 29.3 Å². The highest BCUT2D eigenvalue weighted by Gasteiger charge is 2.48. The summed E-state index contributed by atoms with van der Waals surface area (Å²) in [5.74, 6) is -3.19. The van der Waals surface area contributed by atoms with Crippen molar-refractivity contribution in [1.82, 2.24) is 0 Å².